The van der Waals surface area contributed by atoms with Gasteiger partial charge in [0.25, 0.3) is 0 Å². The van der Waals surface area contributed by atoms with E-state index in [1.807, 2.05) is 22.9 Å². The van der Waals surface area contributed by atoms with Crippen molar-refractivity contribution in [3.63, 3.8) is 0 Å². The SMILES string of the molecule is c1ccc(-c2ccc(-c3nc(Cn4nccn4)nn3C3CC3)[nH]2)cc1. The minimum Gasteiger partial charge on any atom is -0.352 e. The zero-order chi connectivity index (χ0) is 16.6. The van der Waals surface area contributed by atoms with Crippen molar-refractivity contribution in [2.75, 3.05) is 0 Å². The van der Waals surface area contributed by atoms with Crippen LogP contribution in [-0.4, -0.2) is 34.7 Å². The molecule has 5 rings (SSSR count). The zero-order valence-electron chi connectivity index (χ0n) is 13.6. The van der Waals surface area contributed by atoms with Crippen LogP contribution in [0.3, 0.4) is 0 Å². The maximum atomic E-state index is 4.74. The van der Waals surface area contributed by atoms with Gasteiger partial charge in [-0.05, 0) is 30.5 Å². The molecule has 1 N–H and O–H groups in total. The molecule has 3 aromatic heterocycles. The lowest BCUT2D eigenvalue weighted by molar-refractivity contribution is 0.557. The van der Waals surface area contributed by atoms with E-state index in [9.17, 15) is 0 Å². The monoisotopic (exact) mass is 331 g/mol. The normalized spacial score (nSPS) is 14.1. The fraction of sp³-hybridized carbons (Fsp3) is 0.222. The molecular weight excluding hydrogens is 314 g/mol. The second-order valence-corrected chi connectivity index (χ2v) is 6.24. The van der Waals surface area contributed by atoms with Crippen molar-refractivity contribution in [3.8, 4) is 22.8 Å². The second kappa shape index (κ2) is 5.70. The molecule has 0 bridgehead atoms. The highest BCUT2D eigenvalue weighted by Crippen LogP contribution is 2.37. The average Bonchev–Trinajstić information content (AvgIpc) is 3.06. The number of nitrogens with zero attached hydrogens (tertiary/aromatic N) is 6. The summed E-state index contributed by atoms with van der Waals surface area (Å²) < 4.78 is 2.04. The third kappa shape index (κ3) is 2.73. The van der Waals surface area contributed by atoms with E-state index >= 15 is 0 Å². The molecule has 1 aliphatic rings. The Morgan fingerprint density at radius 2 is 1.72 bits per heavy atom. The minimum atomic E-state index is 0.449. The quantitative estimate of drug-likeness (QED) is 0.610. The zero-order valence-corrected chi connectivity index (χ0v) is 13.6. The Morgan fingerprint density at radius 1 is 0.960 bits per heavy atom. The van der Waals surface area contributed by atoms with Crippen LogP contribution in [0.15, 0.2) is 54.9 Å². The van der Waals surface area contributed by atoms with Gasteiger partial charge in [-0.3, -0.25) is 0 Å². The maximum Gasteiger partial charge on any atom is 0.175 e. The molecule has 25 heavy (non-hydrogen) atoms. The lowest BCUT2D eigenvalue weighted by Gasteiger charge is -2.02. The second-order valence-electron chi connectivity index (χ2n) is 6.24. The molecule has 7 nitrogen and oxygen atoms in total. The largest absolute Gasteiger partial charge is 0.352 e. The molecule has 1 aromatic carbocycles. The molecule has 0 radical (unpaired) electrons. The summed E-state index contributed by atoms with van der Waals surface area (Å²) in [7, 11) is 0. The van der Waals surface area contributed by atoms with Gasteiger partial charge >= 0.3 is 0 Å². The van der Waals surface area contributed by atoms with E-state index in [0.29, 0.717) is 12.6 Å². The summed E-state index contributed by atoms with van der Waals surface area (Å²) in [4.78, 5) is 9.82. The Morgan fingerprint density at radius 3 is 2.48 bits per heavy atom. The topological polar surface area (TPSA) is 77.2 Å². The van der Waals surface area contributed by atoms with Crippen LogP contribution < -0.4 is 0 Å². The number of aromatic amines is 1. The van der Waals surface area contributed by atoms with E-state index in [1.165, 1.54) is 0 Å². The molecule has 1 aliphatic carbocycles. The molecule has 0 amide bonds. The molecule has 0 atom stereocenters. The number of hydrogen-bond donors (Lipinski definition) is 1. The standard InChI is InChI=1S/C18H17N7/c1-2-4-13(5-3-1)15-8-9-16(21-15)18-22-17(12-24-19-10-11-20-24)23-25(18)14-6-7-14/h1-5,8-11,14,21H,6-7,12H2. The number of aromatic nitrogens is 7. The van der Waals surface area contributed by atoms with Crippen molar-refractivity contribution >= 4 is 0 Å². The highest BCUT2D eigenvalue weighted by Gasteiger charge is 2.29. The van der Waals surface area contributed by atoms with Crippen molar-refractivity contribution in [2.24, 2.45) is 0 Å². The third-order valence-corrected chi connectivity index (χ3v) is 4.33. The Labute approximate surface area is 144 Å². The summed E-state index contributed by atoms with van der Waals surface area (Å²) >= 11 is 0. The van der Waals surface area contributed by atoms with Gasteiger partial charge in [-0.15, -0.1) is 0 Å². The Kier molecular flexibility index (Phi) is 3.22. The van der Waals surface area contributed by atoms with Crippen LogP contribution in [-0.2, 0) is 6.54 Å². The minimum absolute atomic E-state index is 0.449. The lowest BCUT2D eigenvalue weighted by atomic mass is 10.2. The maximum absolute atomic E-state index is 4.74. The fourth-order valence-corrected chi connectivity index (χ4v) is 2.95. The molecule has 1 fully saturated rings. The third-order valence-electron chi connectivity index (χ3n) is 4.33. The van der Waals surface area contributed by atoms with Gasteiger partial charge in [0.15, 0.2) is 11.6 Å². The Balaban J connectivity index is 1.50. The van der Waals surface area contributed by atoms with E-state index in [2.05, 4.69) is 39.4 Å². The van der Waals surface area contributed by atoms with Gasteiger partial charge in [0.1, 0.15) is 6.54 Å². The molecule has 124 valence electrons. The molecule has 0 saturated heterocycles. The summed E-state index contributed by atoms with van der Waals surface area (Å²) in [5.41, 5.74) is 3.22. The summed E-state index contributed by atoms with van der Waals surface area (Å²) in [6, 6.07) is 14.9. The first-order valence-corrected chi connectivity index (χ1v) is 8.41. The first-order valence-electron chi connectivity index (χ1n) is 8.41. The van der Waals surface area contributed by atoms with Crippen LogP contribution in [0.25, 0.3) is 22.8 Å². The summed E-state index contributed by atoms with van der Waals surface area (Å²) in [5.74, 6) is 1.61. The lowest BCUT2D eigenvalue weighted by Crippen LogP contribution is -2.06. The Hall–Kier alpha value is -3.22. The van der Waals surface area contributed by atoms with Gasteiger partial charge in [0.2, 0.25) is 0 Å². The van der Waals surface area contributed by atoms with E-state index in [4.69, 9.17) is 10.1 Å². The molecule has 4 aromatic rings. The Bertz CT molecular complexity index is 978. The van der Waals surface area contributed by atoms with Gasteiger partial charge in [-0.2, -0.15) is 20.1 Å². The van der Waals surface area contributed by atoms with Gasteiger partial charge in [0, 0.05) is 5.69 Å². The predicted molar refractivity (Wildman–Crippen MR) is 92.6 cm³/mol. The highest BCUT2D eigenvalue weighted by molar-refractivity contribution is 5.65. The molecule has 0 spiro atoms. The van der Waals surface area contributed by atoms with Crippen molar-refractivity contribution in [1.82, 2.24) is 34.7 Å². The molecular formula is C18H17N7. The van der Waals surface area contributed by atoms with Crippen LogP contribution in [0.1, 0.15) is 24.7 Å². The van der Waals surface area contributed by atoms with Gasteiger partial charge in [0.05, 0.1) is 24.1 Å². The number of rotatable bonds is 5. The van der Waals surface area contributed by atoms with Crippen molar-refractivity contribution in [3.05, 3.63) is 60.7 Å². The number of benzene rings is 1. The molecule has 0 aliphatic heterocycles. The first-order chi connectivity index (χ1) is 12.4. The number of nitrogens with one attached hydrogen (secondary N) is 1. The van der Waals surface area contributed by atoms with E-state index in [-0.39, 0.29) is 0 Å². The van der Waals surface area contributed by atoms with E-state index in [1.54, 1.807) is 17.2 Å². The van der Waals surface area contributed by atoms with Crippen molar-refractivity contribution in [1.29, 1.82) is 0 Å². The van der Waals surface area contributed by atoms with Gasteiger partial charge in [-0.1, -0.05) is 30.3 Å². The molecule has 1 saturated carbocycles. The number of H-pyrrole nitrogens is 1. The highest BCUT2D eigenvalue weighted by atomic mass is 15.5. The van der Waals surface area contributed by atoms with Crippen LogP contribution in [0.2, 0.25) is 0 Å². The van der Waals surface area contributed by atoms with Crippen molar-refractivity contribution < 1.29 is 0 Å². The summed E-state index contributed by atoms with van der Waals surface area (Å²) in [6.07, 6.45) is 5.63. The van der Waals surface area contributed by atoms with Crippen LogP contribution >= 0.6 is 0 Å². The average molecular weight is 331 g/mol. The fourth-order valence-electron chi connectivity index (χ4n) is 2.95. The van der Waals surface area contributed by atoms with Gasteiger partial charge in [-0.25, -0.2) is 9.67 Å². The predicted octanol–water partition coefficient (Wildman–Crippen LogP) is 2.91. The van der Waals surface area contributed by atoms with Crippen LogP contribution in [0.5, 0.6) is 0 Å². The smallest absolute Gasteiger partial charge is 0.175 e. The first kappa shape index (κ1) is 14.2. The van der Waals surface area contributed by atoms with Crippen LogP contribution in [0, 0.1) is 0 Å². The summed E-state index contributed by atoms with van der Waals surface area (Å²) in [5, 5.41) is 13.0. The molecule has 7 heteroatoms. The summed E-state index contributed by atoms with van der Waals surface area (Å²) in [6.45, 7) is 0.478. The van der Waals surface area contributed by atoms with Crippen LogP contribution in [0.4, 0.5) is 0 Å². The van der Waals surface area contributed by atoms with Crippen molar-refractivity contribution in [2.45, 2.75) is 25.4 Å². The molecule has 3 heterocycles. The van der Waals surface area contributed by atoms with E-state index < -0.39 is 0 Å². The van der Waals surface area contributed by atoms with Gasteiger partial charge < -0.3 is 4.98 Å². The molecule has 0 unspecified atom stereocenters. The van der Waals surface area contributed by atoms with E-state index in [0.717, 1.165) is 41.4 Å². The number of hydrogen-bond acceptors (Lipinski definition) is 4.